The minimum absolute atomic E-state index is 0.122. The largest absolute Gasteiger partial charge is 0.483 e. The molecule has 28 heavy (non-hydrogen) atoms. The molecule has 0 bridgehead atoms. The first-order chi connectivity index (χ1) is 13.2. The molecule has 0 heterocycles. The van der Waals surface area contributed by atoms with Gasteiger partial charge in [0.15, 0.2) is 6.61 Å². The van der Waals surface area contributed by atoms with Crippen LogP contribution < -0.4 is 10.1 Å². The molecule has 0 unspecified atom stereocenters. The maximum atomic E-state index is 12.5. The number of hydrogen-bond acceptors (Lipinski definition) is 4. The third-order valence-electron chi connectivity index (χ3n) is 4.60. The summed E-state index contributed by atoms with van der Waals surface area (Å²) in [5.41, 5.74) is 3.71. The second kappa shape index (κ2) is 9.21. The lowest BCUT2D eigenvalue weighted by Gasteiger charge is -2.18. The van der Waals surface area contributed by atoms with E-state index >= 15 is 0 Å². The number of benzene rings is 2. The Morgan fingerprint density at radius 1 is 1.04 bits per heavy atom. The average molecular weight is 405 g/mol. The van der Waals surface area contributed by atoms with E-state index in [2.05, 4.69) is 11.4 Å². The number of sulfonamides is 1. The van der Waals surface area contributed by atoms with E-state index in [-0.39, 0.29) is 17.4 Å². The molecular weight excluding hydrogens is 376 g/mol. The fraction of sp³-hybridized carbons (Fsp3) is 0.381. The number of anilines is 1. The molecule has 0 spiro atoms. The van der Waals surface area contributed by atoms with Gasteiger partial charge in [0.25, 0.3) is 5.91 Å². The van der Waals surface area contributed by atoms with Gasteiger partial charge in [-0.2, -0.15) is 4.31 Å². The minimum Gasteiger partial charge on any atom is -0.483 e. The normalized spacial score (nSPS) is 11.5. The van der Waals surface area contributed by atoms with Crippen molar-refractivity contribution in [3.05, 3.63) is 53.1 Å². The van der Waals surface area contributed by atoms with Crippen LogP contribution in [-0.4, -0.2) is 38.3 Å². The summed E-state index contributed by atoms with van der Waals surface area (Å²) in [5.74, 6) is 0.381. The van der Waals surface area contributed by atoms with Gasteiger partial charge in [-0.15, -0.1) is 0 Å². The molecule has 0 fully saturated rings. The zero-order valence-corrected chi connectivity index (χ0v) is 17.9. The number of amides is 1. The highest BCUT2D eigenvalue weighted by Crippen LogP contribution is 2.23. The van der Waals surface area contributed by atoms with Gasteiger partial charge in [0.1, 0.15) is 5.75 Å². The lowest BCUT2D eigenvalue weighted by molar-refractivity contribution is -0.118. The Labute approximate surface area is 167 Å². The fourth-order valence-electron chi connectivity index (χ4n) is 2.91. The van der Waals surface area contributed by atoms with Gasteiger partial charge < -0.3 is 10.1 Å². The molecule has 0 aliphatic carbocycles. The van der Waals surface area contributed by atoms with Crippen molar-refractivity contribution in [3.8, 4) is 5.75 Å². The predicted molar refractivity (Wildman–Crippen MR) is 111 cm³/mol. The Kier molecular flexibility index (Phi) is 7.21. The zero-order valence-electron chi connectivity index (χ0n) is 17.1. The second-order valence-electron chi connectivity index (χ2n) is 6.66. The fourth-order valence-corrected chi connectivity index (χ4v) is 4.37. The van der Waals surface area contributed by atoms with Crippen LogP contribution in [0.25, 0.3) is 0 Å². The Balaban J connectivity index is 2.02. The smallest absolute Gasteiger partial charge is 0.262 e. The van der Waals surface area contributed by atoms with E-state index < -0.39 is 10.0 Å². The maximum absolute atomic E-state index is 12.5. The quantitative estimate of drug-likeness (QED) is 0.728. The van der Waals surface area contributed by atoms with Crippen LogP contribution in [0.15, 0.2) is 41.3 Å². The maximum Gasteiger partial charge on any atom is 0.262 e. The predicted octanol–water partition coefficient (Wildman–Crippen LogP) is 3.66. The molecule has 0 aromatic heterocycles. The van der Waals surface area contributed by atoms with Gasteiger partial charge in [-0.3, -0.25) is 4.79 Å². The molecule has 0 radical (unpaired) electrons. The molecule has 0 aliphatic rings. The number of rotatable bonds is 8. The van der Waals surface area contributed by atoms with Crippen LogP contribution in [0.1, 0.15) is 30.5 Å². The van der Waals surface area contributed by atoms with Gasteiger partial charge in [-0.05, 0) is 67.8 Å². The van der Waals surface area contributed by atoms with Crippen LogP contribution in [0.4, 0.5) is 5.69 Å². The molecule has 0 aliphatic heterocycles. The molecule has 0 atom stereocenters. The standard InChI is InChI=1S/C21H28N2O4S/c1-6-23(7-2)28(25,26)19-10-8-18(9-11-19)22-21(24)14-27-20-13-15(3)12-16(4)17(20)5/h8-13H,6-7,14H2,1-5H3,(H,22,24). The summed E-state index contributed by atoms with van der Waals surface area (Å²) in [6.45, 7) is 10.2. The summed E-state index contributed by atoms with van der Waals surface area (Å²) in [6.07, 6.45) is 0. The van der Waals surface area contributed by atoms with Crippen LogP contribution in [-0.2, 0) is 14.8 Å². The van der Waals surface area contributed by atoms with E-state index in [0.717, 1.165) is 16.7 Å². The van der Waals surface area contributed by atoms with Crippen LogP contribution in [0.5, 0.6) is 5.75 Å². The second-order valence-corrected chi connectivity index (χ2v) is 8.59. The van der Waals surface area contributed by atoms with Gasteiger partial charge in [0.05, 0.1) is 4.90 Å². The van der Waals surface area contributed by atoms with E-state index in [4.69, 9.17) is 4.74 Å². The molecular formula is C21H28N2O4S. The SMILES string of the molecule is CCN(CC)S(=O)(=O)c1ccc(NC(=O)COc2cc(C)cc(C)c2C)cc1. The molecule has 2 aromatic rings. The third-order valence-corrected chi connectivity index (χ3v) is 6.67. The highest BCUT2D eigenvalue weighted by molar-refractivity contribution is 7.89. The van der Waals surface area contributed by atoms with Crippen molar-refractivity contribution >= 4 is 21.6 Å². The number of carbonyl (C=O) groups excluding carboxylic acids is 1. The topological polar surface area (TPSA) is 75.7 Å². The van der Waals surface area contributed by atoms with Gasteiger partial charge in [-0.25, -0.2) is 8.42 Å². The lowest BCUT2D eigenvalue weighted by atomic mass is 10.1. The number of hydrogen-bond donors (Lipinski definition) is 1. The molecule has 2 rings (SSSR count). The van der Waals surface area contributed by atoms with Crippen LogP contribution in [0.3, 0.4) is 0 Å². The molecule has 2 aromatic carbocycles. The summed E-state index contributed by atoms with van der Waals surface area (Å²) in [5, 5.41) is 2.72. The number of nitrogens with zero attached hydrogens (tertiary/aromatic N) is 1. The van der Waals surface area contributed by atoms with E-state index in [1.54, 1.807) is 26.0 Å². The highest BCUT2D eigenvalue weighted by atomic mass is 32.2. The van der Waals surface area contributed by atoms with Crippen LogP contribution in [0.2, 0.25) is 0 Å². The van der Waals surface area contributed by atoms with Gasteiger partial charge >= 0.3 is 0 Å². The van der Waals surface area contributed by atoms with Gasteiger partial charge in [0.2, 0.25) is 10.0 Å². The molecule has 1 amide bonds. The Bertz CT molecular complexity index is 934. The number of ether oxygens (including phenoxy) is 1. The summed E-state index contributed by atoms with van der Waals surface area (Å²) in [6, 6.07) is 10.1. The van der Waals surface area contributed by atoms with Crippen molar-refractivity contribution in [1.82, 2.24) is 4.31 Å². The zero-order chi connectivity index (χ0) is 20.9. The van der Waals surface area contributed by atoms with Crippen molar-refractivity contribution in [1.29, 1.82) is 0 Å². The Hall–Kier alpha value is -2.38. The number of aryl methyl sites for hydroxylation is 2. The van der Waals surface area contributed by atoms with E-state index in [1.165, 1.54) is 16.4 Å². The molecule has 152 valence electrons. The van der Waals surface area contributed by atoms with E-state index in [1.807, 2.05) is 26.8 Å². The van der Waals surface area contributed by atoms with Crippen molar-refractivity contribution in [2.24, 2.45) is 0 Å². The lowest BCUT2D eigenvalue weighted by Crippen LogP contribution is -2.30. The van der Waals surface area contributed by atoms with Gasteiger partial charge in [0, 0.05) is 18.8 Å². The minimum atomic E-state index is -3.51. The van der Waals surface area contributed by atoms with E-state index in [9.17, 15) is 13.2 Å². The summed E-state index contributed by atoms with van der Waals surface area (Å²) < 4.78 is 32.0. The molecule has 0 saturated heterocycles. The highest BCUT2D eigenvalue weighted by Gasteiger charge is 2.21. The van der Waals surface area contributed by atoms with Crippen LogP contribution in [0, 0.1) is 20.8 Å². The summed E-state index contributed by atoms with van der Waals surface area (Å²) in [7, 11) is -3.51. The summed E-state index contributed by atoms with van der Waals surface area (Å²) in [4.78, 5) is 12.4. The van der Waals surface area contributed by atoms with Crippen LogP contribution >= 0.6 is 0 Å². The Morgan fingerprint density at radius 3 is 2.21 bits per heavy atom. The first-order valence-corrected chi connectivity index (χ1v) is 10.7. The average Bonchev–Trinajstić information content (AvgIpc) is 2.64. The number of nitrogens with one attached hydrogen (secondary N) is 1. The molecule has 0 saturated carbocycles. The first-order valence-electron chi connectivity index (χ1n) is 9.29. The summed E-state index contributed by atoms with van der Waals surface area (Å²) >= 11 is 0. The van der Waals surface area contributed by atoms with Crippen molar-refractivity contribution in [2.75, 3.05) is 25.0 Å². The molecule has 7 heteroatoms. The third kappa shape index (κ3) is 5.11. The van der Waals surface area contributed by atoms with E-state index in [0.29, 0.717) is 24.5 Å². The first kappa shape index (κ1) is 21.9. The molecule has 6 nitrogen and oxygen atoms in total. The number of carbonyl (C=O) groups is 1. The van der Waals surface area contributed by atoms with Crippen molar-refractivity contribution in [2.45, 2.75) is 39.5 Å². The monoisotopic (exact) mass is 404 g/mol. The molecule has 1 N–H and O–H groups in total. The van der Waals surface area contributed by atoms with Gasteiger partial charge in [-0.1, -0.05) is 19.9 Å². The Morgan fingerprint density at radius 2 is 1.64 bits per heavy atom. The van der Waals surface area contributed by atoms with Crippen molar-refractivity contribution in [3.63, 3.8) is 0 Å². The van der Waals surface area contributed by atoms with Crippen molar-refractivity contribution < 1.29 is 17.9 Å².